The van der Waals surface area contributed by atoms with E-state index in [0.717, 1.165) is 10.9 Å². The summed E-state index contributed by atoms with van der Waals surface area (Å²) in [4.78, 5) is 13.7. The third-order valence-corrected chi connectivity index (χ3v) is 3.17. The Balaban J connectivity index is 2.71. The predicted molar refractivity (Wildman–Crippen MR) is 72.6 cm³/mol. The number of methoxy groups -OCH3 is 1. The lowest BCUT2D eigenvalue weighted by atomic mass is 10.2. The zero-order valence-electron chi connectivity index (χ0n) is 9.87. The number of benzene rings is 1. The smallest absolute Gasteiger partial charge is 0.255 e. The van der Waals surface area contributed by atoms with Crippen LogP contribution in [0.3, 0.4) is 0 Å². The topological polar surface area (TPSA) is 29.5 Å². The van der Waals surface area contributed by atoms with Gasteiger partial charge >= 0.3 is 0 Å². The van der Waals surface area contributed by atoms with Gasteiger partial charge < -0.3 is 9.64 Å². The highest BCUT2D eigenvalue weighted by molar-refractivity contribution is 9.10. The van der Waals surface area contributed by atoms with Crippen molar-refractivity contribution in [3.8, 4) is 0 Å². The third-order valence-electron chi connectivity index (χ3n) is 2.35. The van der Waals surface area contributed by atoms with E-state index in [-0.39, 0.29) is 5.91 Å². The van der Waals surface area contributed by atoms with Crippen LogP contribution < -0.4 is 0 Å². The molecule has 0 aliphatic heterocycles. The van der Waals surface area contributed by atoms with E-state index in [1.165, 1.54) is 0 Å². The monoisotopic (exact) mass is 319 g/mol. The lowest BCUT2D eigenvalue weighted by Gasteiger charge is -2.17. The van der Waals surface area contributed by atoms with Gasteiger partial charge in [-0.1, -0.05) is 27.5 Å². The molecular formula is C12H15BrClNO2. The van der Waals surface area contributed by atoms with Crippen molar-refractivity contribution in [1.82, 2.24) is 4.90 Å². The molecule has 1 rings (SSSR count). The van der Waals surface area contributed by atoms with Crippen molar-refractivity contribution in [2.24, 2.45) is 0 Å². The van der Waals surface area contributed by atoms with Crippen molar-refractivity contribution in [2.75, 3.05) is 27.3 Å². The number of hydrogen-bond acceptors (Lipinski definition) is 2. The molecule has 0 aromatic heterocycles. The van der Waals surface area contributed by atoms with E-state index in [9.17, 15) is 4.79 Å². The quantitative estimate of drug-likeness (QED) is 0.780. The first-order valence-electron chi connectivity index (χ1n) is 5.25. The van der Waals surface area contributed by atoms with Gasteiger partial charge in [0.05, 0.1) is 10.6 Å². The summed E-state index contributed by atoms with van der Waals surface area (Å²) in [5.41, 5.74) is 0.515. The Labute approximate surface area is 115 Å². The molecule has 0 unspecified atom stereocenters. The molecule has 0 saturated heterocycles. The fourth-order valence-electron chi connectivity index (χ4n) is 1.41. The van der Waals surface area contributed by atoms with Gasteiger partial charge in [0.25, 0.3) is 5.91 Å². The summed E-state index contributed by atoms with van der Waals surface area (Å²) in [6, 6.07) is 5.25. The summed E-state index contributed by atoms with van der Waals surface area (Å²) in [5.74, 6) is -0.0765. The maximum atomic E-state index is 12.1. The summed E-state index contributed by atoms with van der Waals surface area (Å²) >= 11 is 9.33. The fraction of sp³-hybridized carbons (Fsp3) is 0.417. The fourth-order valence-corrected chi connectivity index (χ4v) is 1.97. The van der Waals surface area contributed by atoms with Crippen LogP contribution in [-0.2, 0) is 4.74 Å². The van der Waals surface area contributed by atoms with Crippen LogP contribution in [-0.4, -0.2) is 38.1 Å². The van der Waals surface area contributed by atoms with Crippen molar-refractivity contribution in [2.45, 2.75) is 6.42 Å². The van der Waals surface area contributed by atoms with E-state index in [1.807, 2.05) is 6.07 Å². The Bertz CT molecular complexity index is 398. The Hall–Kier alpha value is -0.580. The van der Waals surface area contributed by atoms with Gasteiger partial charge in [0.2, 0.25) is 0 Å². The second-order valence-corrected chi connectivity index (χ2v) is 5.02. The number of carbonyl (C=O) groups excluding carboxylic acids is 1. The maximum absolute atomic E-state index is 12.1. The molecule has 1 aromatic carbocycles. The van der Waals surface area contributed by atoms with E-state index < -0.39 is 0 Å². The molecule has 1 amide bonds. The molecule has 94 valence electrons. The minimum atomic E-state index is -0.0765. The van der Waals surface area contributed by atoms with Gasteiger partial charge in [0.15, 0.2) is 0 Å². The average Bonchev–Trinajstić information content (AvgIpc) is 2.31. The molecule has 17 heavy (non-hydrogen) atoms. The number of carbonyl (C=O) groups is 1. The predicted octanol–water partition coefficient (Wildman–Crippen LogP) is 3.21. The van der Waals surface area contributed by atoms with Gasteiger partial charge in [0, 0.05) is 31.8 Å². The Kier molecular flexibility index (Phi) is 5.95. The number of halogens is 2. The minimum absolute atomic E-state index is 0.0765. The van der Waals surface area contributed by atoms with Crippen LogP contribution >= 0.6 is 27.5 Å². The molecule has 1 aromatic rings. The zero-order chi connectivity index (χ0) is 12.8. The second kappa shape index (κ2) is 6.99. The molecule has 3 nitrogen and oxygen atoms in total. The van der Waals surface area contributed by atoms with Crippen molar-refractivity contribution in [3.05, 3.63) is 33.3 Å². The van der Waals surface area contributed by atoms with Crippen LogP contribution in [0.15, 0.2) is 22.7 Å². The van der Waals surface area contributed by atoms with Crippen molar-refractivity contribution in [3.63, 3.8) is 0 Å². The first-order valence-corrected chi connectivity index (χ1v) is 6.43. The zero-order valence-corrected chi connectivity index (χ0v) is 12.2. The van der Waals surface area contributed by atoms with E-state index in [1.54, 1.807) is 31.2 Å². The van der Waals surface area contributed by atoms with Crippen LogP contribution in [0.25, 0.3) is 0 Å². The van der Waals surface area contributed by atoms with Crippen LogP contribution in [0, 0.1) is 0 Å². The summed E-state index contributed by atoms with van der Waals surface area (Å²) in [6.45, 7) is 1.29. The lowest BCUT2D eigenvalue weighted by Crippen LogP contribution is -2.28. The summed E-state index contributed by atoms with van der Waals surface area (Å²) in [7, 11) is 3.40. The molecule has 0 aliphatic rings. The van der Waals surface area contributed by atoms with E-state index in [4.69, 9.17) is 16.3 Å². The molecule has 0 bridgehead atoms. The van der Waals surface area contributed by atoms with Crippen LogP contribution in [0.4, 0.5) is 0 Å². The Morgan fingerprint density at radius 3 is 2.88 bits per heavy atom. The number of amides is 1. The van der Waals surface area contributed by atoms with Crippen LogP contribution in [0.1, 0.15) is 16.8 Å². The highest BCUT2D eigenvalue weighted by Crippen LogP contribution is 2.22. The summed E-state index contributed by atoms with van der Waals surface area (Å²) in [5, 5.41) is 0.469. The van der Waals surface area contributed by atoms with Crippen LogP contribution in [0.2, 0.25) is 5.02 Å². The molecule has 0 saturated carbocycles. The van der Waals surface area contributed by atoms with Gasteiger partial charge in [-0.05, 0) is 24.6 Å². The van der Waals surface area contributed by atoms with E-state index in [2.05, 4.69) is 15.9 Å². The molecule has 0 radical (unpaired) electrons. The van der Waals surface area contributed by atoms with Gasteiger partial charge in [0.1, 0.15) is 0 Å². The van der Waals surface area contributed by atoms with Crippen molar-refractivity contribution < 1.29 is 9.53 Å². The molecule has 5 heteroatoms. The number of hydrogen-bond donors (Lipinski definition) is 0. The molecule has 0 aliphatic carbocycles. The minimum Gasteiger partial charge on any atom is -0.385 e. The lowest BCUT2D eigenvalue weighted by molar-refractivity contribution is 0.0779. The molecular weight excluding hydrogens is 305 g/mol. The largest absolute Gasteiger partial charge is 0.385 e. The average molecular weight is 321 g/mol. The summed E-state index contributed by atoms with van der Waals surface area (Å²) in [6.07, 6.45) is 0.810. The normalized spacial score (nSPS) is 10.4. The molecule has 0 spiro atoms. The van der Waals surface area contributed by atoms with Crippen LogP contribution in [0.5, 0.6) is 0 Å². The van der Waals surface area contributed by atoms with Crippen molar-refractivity contribution >= 4 is 33.4 Å². The molecule has 0 fully saturated rings. The number of rotatable bonds is 5. The molecule has 0 heterocycles. The van der Waals surface area contributed by atoms with Crippen molar-refractivity contribution in [1.29, 1.82) is 0 Å². The van der Waals surface area contributed by atoms with E-state index >= 15 is 0 Å². The number of nitrogens with zero attached hydrogens (tertiary/aromatic N) is 1. The first kappa shape index (κ1) is 14.5. The van der Waals surface area contributed by atoms with E-state index in [0.29, 0.717) is 23.7 Å². The highest BCUT2D eigenvalue weighted by atomic mass is 79.9. The Morgan fingerprint density at radius 1 is 1.53 bits per heavy atom. The van der Waals surface area contributed by atoms with Gasteiger partial charge in [-0.25, -0.2) is 0 Å². The standard InChI is InChI=1S/C12H15BrClNO2/c1-15(6-3-7-17-2)12(16)10-8-9(13)4-5-11(10)14/h4-5,8H,3,6-7H2,1-2H3. The molecule has 0 atom stereocenters. The SMILES string of the molecule is COCCCN(C)C(=O)c1cc(Br)ccc1Cl. The van der Waals surface area contributed by atoms with Gasteiger partial charge in [-0.3, -0.25) is 4.79 Å². The summed E-state index contributed by atoms with van der Waals surface area (Å²) < 4.78 is 5.79. The first-order chi connectivity index (χ1) is 8.06. The highest BCUT2D eigenvalue weighted by Gasteiger charge is 2.15. The second-order valence-electron chi connectivity index (χ2n) is 3.70. The Morgan fingerprint density at radius 2 is 2.24 bits per heavy atom. The van der Waals surface area contributed by atoms with Gasteiger partial charge in [-0.2, -0.15) is 0 Å². The maximum Gasteiger partial charge on any atom is 0.255 e. The van der Waals surface area contributed by atoms with Gasteiger partial charge in [-0.15, -0.1) is 0 Å². The number of ether oxygens (including phenoxy) is 1. The molecule has 0 N–H and O–H groups in total. The third kappa shape index (κ3) is 4.30.